The van der Waals surface area contributed by atoms with Crippen molar-refractivity contribution in [1.29, 1.82) is 0 Å². The van der Waals surface area contributed by atoms with Gasteiger partial charge in [-0.3, -0.25) is 0 Å². The van der Waals surface area contributed by atoms with Gasteiger partial charge >= 0.3 is 5.97 Å². The minimum absolute atomic E-state index is 0.0235. The SMILES string of the molecule is COC(=O)C1=C(O)C(C)C=C(O)C1. The second-order valence-corrected chi connectivity index (χ2v) is 2.98. The van der Waals surface area contributed by atoms with E-state index in [4.69, 9.17) is 0 Å². The van der Waals surface area contributed by atoms with Gasteiger partial charge in [0.25, 0.3) is 0 Å². The zero-order valence-electron chi connectivity index (χ0n) is 7.57. The molecule has 0 heterocycles. The Labute approximate surface area is 76.1 Å². The summed E-state index contributed by atoms with van der Waals surface area (Å²) >= 11 is 0. The van der Waals surface area contributed by atoms with Crippen molar-refractivity contribution in [2.75, 3.05) is 7.11 Å². The molecule has 0 aliphatic heterocycles. The molecule has 1 unspecified atom stereocenters. The molecule has 4 heteroatoms. The maximum absolute atomic E-state index is 11.1. The summed E-state index contributed by atoms with van der Waals surface area (Å²) in [7, 11) is 1.24. The van der Waals surface area contributed by atoms with Crippen LogP contribution in [0.5, 0.6) is 0 Å². The third-order valence-electron chi connectivity index (χ3n) is 1.97. The van der Waals surface area contributed by atoms with Gasteiger partial charge in [0.05, 0.1) is 18.4 Å². The van der Waals surface area contributed by atoms with E-state index in [1.165, 1.54) is 13.2 Å². The minimum Gasteiger partial charge on any atom is -0.512 e. The van der Waals surface area contributed by atoms with E-state index >= 15 is 0 Å². The lowest BCUT2D eigenvalue weighted by atomic mass is 9.95. The predicted octanol–water partition coefficient (Wildman–Crippen LogP) is 1.45. The number of carbonyl (C=O) groups is 1. The van der Waals surface area contributed by atoms with Crippen molar-refractivity contribution in [2.45, 2.75) is 13.3 Å². The van der Waals surface area contributed by atoms with E-state index in [9.17, 15) is 15.0 Å². The number of carbonyl (C=O) groups excluding carboxylic acids is 1. The molecular weight excluding hydrogens is 172 g/mol. The van der Waals surface area contributed by atoms with Crippen molar-refractivity contribution >= 4 is 5.97 Å². The van der Waals surface area contributed by atoms with Crippen LogP contribution in [0.15, 0.2) is 23.2 Å². The van der Waals surface area contributed by atoms with E-state index in [0.717, 1.165) is 0 Å². The van der Waals surface area contributed by atoms with Crippen LogP contribution in [0, 0.1) is 5.92 Å². The summed E-state index contributed by atoms with van der Waals surface area (Å²) in [6, 6.07) is 0. The normalized spacial score (nSPS) is 22.6. The first-order valence-electron chi connectivity index (χ1n) is 3.96. The third kappa shape index (κ3) is 1.83. The molecule has 0 saturated heterocycles. The van der Waals surface area contributed by atoms with Gasteiger partial charge in [0.2, 0.25) is 0 Å². The van der Waals surface area contributed by atoms with Crippen LogP contribution in [0.3, 0.4) is 0 Å². The van der Waals surface area contributed by atoms with Crippen LogP contribution in [0.1, 0.15) is 13.3 Å². The Morgan fingerprint density at radius 3 is 2.77 bits per heavy atom. The van der Waals surface area contributed by atoms with Crippen molar-refractivity contribution < 1.29 is 19.7 Å². The zero-order valence-corrected chi connectivity index (χ0v) is 7.57. The Morgan fingerprint density at radius 1 is 1.62 bits per heavy atom. The molecule has 1 rings (SSSR count). The van der Waals surface area contributed by atoms with Gasteiger partial charge in [-0.1, -0.05) is 6.92 Å². The molecule has 0 aromatic rings. The third-order valence-corrected chi connectivity index (χ3v) is 1.97. The number of hydrogen-bond acceptors (Lipinski definition) is 4. The first-order chi connectivity index (χ1) is 6.06. The number of aliphatic hydroxyl groups is 2. The molecule has 0 aromatic carbocycles. The monoisotopic (exact) mass is 184 g/mol. The van der Waals surface area contributed by atoms with Gasteiger partial charge in [-0.05, 0) is 6.08 Å². The standard InChI is InChI=1S/C9H12O4/c1-5-3-6(10)4-7(8(5)11)9(12)13-2/h3,5,10-11H,4H2,1-2H3. The molecule has 0 saturated carbocycles. The van der Waals surface area contributed by atoms with Crippen LogP contribution in [0.4, 0.5) is 0 Å². The molecule has 1 atom stereocenters. The van der Waals surface area contributed by atoms with E-state index in [0.29, 0.717) is 0 Å². The lowest BCUT2D eigenvalue weighted by Gasteiger charge is -2.17. The summed E-state index contributed by atoms with van der Waals surface area (Å²) in [5, 5.41) is 18.7. The molecular formula is C9H12O4. The first kappa shape index (κ1) is 9.64. The molecule has 1 aliphatic rings. The summed E-state index contributed by atoms with van der Waals surface area (Å²) in [6.45, 7) is 1.69. The van der Waals surface area contributed by atoms with Crippen molar-refractivity contribution in [2.24, 2.45) is 5.92 Å². The number of esters is 1. The fraction of sp³-hybridized carbons (Fsp3) is 0.444. The van der Waals surface area contributed by atoms with Crippen LogP contribution in [0.2, 0.25) is 0 Å². The summed E-state index contributed by atoms with van der Waals surface area (Å²) < 4.78 is 4.46. The van der Waals surface area contributed by atoms with Crippen LogP contribution < -0.4 is 0 Å². The van der Waals surface area contributed by atoms with Gasteiger partial charge < -0.3 is 14.9 Å². The average molecular weight is 184 g/mol. The Morgan fingerprint density at radius 2 is 2.23 bits per heavy atom. The molecule has 4 nitrogen and oxygen atoms in total. The molecule has 0 spiro atoms. The highest BCUT2D eigenvalue weighted by Crippen LogP contribution is 2.26. The summed E-state index contributed by atoms with van der Waals surface area (Å²) in [5.41, 5.74) is 0.134. The number of allylic oxidation sites excluding steroid dienone is 2. The Kier molecular flexibility index (Phi) is 2.60. The first-order valence-corrected chi connectivity index (χ1v) is 3.96. The van der Waals surface area contributed by atoms with Gasteiger partial charge in [-0.2, -0.15) is 0 Å². The Hall–Kier alpha value is -1.45. The molecule has 0 bridgehead atoms. The minimum atomic E-state index is -0.594. The second-order valence-electron chi connectivity index (χ2n) is 2.98. The fourth-order valence-electron chi connectivity index (χ4n) is 1.27. The summed E-state index contributed by atoms with van der Waals surface area (Å²) in [4.78, 5) is 11.1. The van der Waals surface area contributed by atoms with Crippen molar-refractivity contribution in [3.63, 3.8) is 0 Å². The second kappa shape index (κ2) is 3.51. The average Bonchev–Trinajstić information content (AvgIpc) is 2.10. The Balaban J connectivity index is 2.95. The number of methoxy groups -OCH3 is 1. The highest BCUT2D eigenvalue weighted by Gasteiger charge is 2.24. The highest BCUT2D eigenvalue weighted by molar-refractivity contribution is 5.89. The molecule has 0 amide bonds. The molecule has 72 valence electrons. The van der Waals surface area contributed by atoms with E-state index in [1.807, 2.05) is 0 Å². The fourth-order valence-corrected chi connectivity index (χ4v) is 1.27. The molecule has 0 aromatic heterocycles. The number of hydrogen-bond donors (Lipinski definition) is 2. The van der Waals surface area contributed by atoms with Gasteiger partial charge in [-0.15, -0.1) is 0 Å². The van der Waals surface area contributed by atoms with Crippen molar-refractivity contribution in [3.05, 3.63) is 23.2 Å². The molecule has 1 aliphatic carbocycles. The predicted molar refractivity (Wildman–Crippen MR) is 46.2 cm³/mol. The lowest BCUT2D eigenvalue weighted by Crippen LogP contribution is -2.15. The van der Waals surface area contributed by atoms with E-state index < -0.39 is 5.97 Å². The number of ether oxygens (including phenoxy) is 1. The van der Waals surface area contributed by atoms with Gasteiger partial charge in [0.15, 0.2) is 0 Å². The number of rotatable bonds is 1. The molecule has 0 fully saturated rings. The van der Waals surface area contributed by atoms with E-state index in [1.54, 1.807) is 6.92 Å². The quantitative estimate of drug-likeness (QED) is 0.605. The van der Waals surface area contributed by atoms with Gasteiger partial charge in [0.1, 0.15) is 5.76 Å². The summed E-state index contributed by atoms with van der Waals surface area (Å²) in [6.07, 6.45) is 1.55. The molecule has 0 radical (unpaired) electrons. The van der Waals surface area contributed by atoms with Gasteiger partial charge in [-0.25, -0.2) is 4.79 Å². The van der Waals surface area contributed by atoms with Crippen LogP contribution in [-0.4, -0.2) is 23.3 Å². The lowest BCUT2D eigenvalue weighted by molar-refractivity contribution is -0.136. The highest BCUT2D eigenvalue weighted by atomic mass is 16.5. The van der Waals surface area contributed by atoms with Crippen molar-refractivity contribution in [3.8, 4) is 0 Å². The summed E-state index contributed by atoms with van der Waals surface area (Å²) in [5.74, 6) is -0.859. The topological polar surface area (TPSA) is 66.8 Å². The maximum Gasteiger partial charge on any atom is 0.337 e. The van der Waals surface area contributed by atoms with Crippen LogP contribution in [0.25, 0.3) is 0 Å². The van der Waals surface area contributed by atoms with Crippen LogP contribution >= 0.6 is 0 Å². The van der Waals surface area contributed by atoms with Gasteiger partial charge in [0, 0.05) is 12.3 Å². The Bertz CT molecular complexity index is 288. The number of aliphatic hydroxyl groups excluding tert-OH is 2. The maximum atomic E-state index is 11.1. The van der Waals surface area contributed by atoms with Crippen molar-refractivity contribution in [1.82, 2.24) is 0 Å². The van der Waals surface area contributed by atoms with E-state index in [2.05, 4.69) is 4.74 Å². The van der Waals surface area contributed by atoms with Crippen LogP contribution in [-0.2, 0) is 9.53 Å². The molecule has 13 heavy (non-hydrogen) atoms. The molecule has 2 N–H and O–H groups in total. The smallest absolute Gasteiger partial charge is 0.337 e. The largest absolute Gasteiger partial charge is 0.512 e. The van der Waals surface area contributed by atoms with E-state index in [-0.39, 0.29) is 29.4 Å². The zero-order chi connectivity index (χ0) is 10.0.